The van der Waals surface area contributed by atoms with Crippen LogP contribution in [0.2, 0.25) is 5.02 Å². The number of nitrogen functional groups attached to an aromatic ring is 1. The van der Waals surface area contributed by atoms with E-state index in [0.717, 1.165) is 14.8 Å². The Kier molecular flexibility index (Phi) is 3.15. The van der Waals surface area contributed by atoms with E-state index in [0.29, 0.717) is 22.6 Å². The molecule has 0 saturated heterocycles. The second-order valence-corrected chi connectivity index (χ2v) is 5.93. The van der Waals surface area contributed by atoms with Crippen molar-refractivity contribution < 1.29 is 0 Å². The van der Waals surface area contributed by atoms with Crippen molar-refractivity contribution in [1.82, 2.24) is 9.97 Å². The van der Waals surface area contributed by atoms with Crippen molar-refractivity contribution in [1.29, 1.82) is 0 Å². The van der Waals surface area contributed by atoms with E-state index in [2.05, 4.69) is 32.6 Å². The van der Waals surface area contributed by atoms with Crippen LogP contribution in [0, 0.1) is 3.57 Å². The normalized spacial score (nSPS) is 14.8. The number of nitrogens with zero attached hydrogens (tertiary/aromatic N) is 2. The topological polar surface area (TPSA) is 51.8 Å². The fraction of sp³-hybridized carbons (Fsp3) is 0.231. The molecule has 0 bridgehead atoms. The van der Waals surface area contributed by atoms with E-state index in [1.54, 1.807) is 0 Å². The Hall–Kier alpha value is -0.880. The minimum absolute atomic E-state index is 0.563. The van der Waals surface area contributed by atoms with Crippen molar-refractivity contribution in [3.63, 3.8) is 0 Å². The third-order valence-electron chi connectivity index (χ3n) is 2.97. The first kappa shape index (κ1) is 12.2. The molecular weight excluding hydrogens is 361 g/mol. The van der Waals surface area contributed by atoms with Gasteiger partial charge in [-0.15, -0.1) is 0 Å². The van der Waals surface area contributed by atoms with E-state index >= 15 is 0 Å². The number of benzene rings is 1. The lowest BCUT2D eigenvalue weighted by Gasteiger charge is -2.08. The van der Waals surface area contributed by atoms with Gasteiger partial charge in [0.1, 0.15) is 5.82 Å². The van der Waals surface area contributed by atoms with Gasteiger partial charge in [-0.3, -0.25) is 0 Å². The molecule has 0 atom stereocenters. The minimum Gasteiger partial charge on any atom is -0.383 e. The molecule has 1 saturated carbocycles. The first-order chi connectivity index (χ1) is 8.65. The molecule has 0 radical (unpaired) electrons. The van der Waals surface area contributed by atoms with Gasteiger partial charge in [0, 0.05) is 16.5 Å². The van der Waals surface area contributed by atoms with Crippen LogP contribution in [0.4, 0.5) is 5.82 Å². The highest BCUT2D eigenvalue weighted by Gasteiger charge is 2.29. The summed E-state index contributed by atoms with van der Waals surface area (Å²) in [6.45, 7) is 0. The minimum atomic E-state index is 0.563. The monoisotopic (exact) mass is 371 g/mol. The Bertz CT molecular complexity index is 594. The molecule has 2 aromatic rings. The van der Waals surface area contributed by atoms with Crippen LogP contribution in [0.25, 0.3) is 11.4 Å². The van der Waals surface area contributed by atoms with E-state index in [1.807, 2.05) is 24.3 Å². The van der Waals surface area contributed by atoms with Crippen molar-refractivity contribution in [2.45, 2.75) is 18.8 Å². The van der Waals surface area contributed by atoms with Crippen molar-refractivity contribution in [3.8, 4) is 11.4 Å². The Morgan fingerprint density at radius 1 is 1.17 bits per heavy atom. The van der Waals surface area contributed by atoms with Crippen LogP contribution in [0.5, 0.6) is 0 Å². The van der Waals surface area contributed by atoms with Crippen LogP contribution in [0.1, 0.15) is 24.5 Å². The highest BCUT2D eigenvalue weighted by atomic mass is 127. The largest absolute Gasteiger partial charge is 0.383 e. The molecular formula is C13H11ClIN3. The molecule has 1 heterocycles. The van der Waals surface area contributed by atoms with Crippen LogP contribution in [0.3, 0.4) is 0 Å². The Morgan fingerprint density at radius 3 is 2.44 bits per heavy atom. The quantitative estimate of drug-likeness (QED) is 0.816. The fourth-order valence-corrected chi connectivity index (χ4v) is 2.65. The molecule has 0 aliphatic heterocycles. The van der Waals surface area contributed by atoms with E-state index in [4.69, 9.17) is 17.3 Å². The SMILES string of the molecule is Nc1nc(-c2ccc(Cl)cc2)nc(C2CC2)c1I. The summed E-state index contributed by atoms with van der Waals surface area (Å²) in [6.07, 6.45) is 2.40. The van der Waals surface area contributed by atoms with E-state index < -0.39 is 0 Å². The van der Waals surface area contributed by atoms with Crippen LogP contribution in [-0.2, 0) is 0 Å². The van der Waals surface area contributed by atoms with Crippen LogP contribution < -0.4 is 5.73 Å². The molecule has 1 aliphatic rings. The highest BCUT2D eigenvalue weighted by molar-refractivity contribution is 14.1. The van der Waals surface area contributed by atoms with Gasteiger partial charge in [0.25, 0.3) is 0 Å². The first-order valence-corrected chi connectivity index (χ1v) is 7.19. The fourth-order valence-electron chi connectivity index (χ4n) is 1.84. The number of anilines is 1. The van der Waals surface area contributed by atoms with Crippen molar-refractivity contribution in [2.75, 3.05) is 5.73 Å². The molecule has 0 amide bonds. The summed E-state index contributed by atoms with van der Waals surface area (Å²) in [7, 11) is 0. The smallest absolute Gasteiger partial charge is 0.161 e. The number of halogens is 2. The molecule has 1 aromatic carbocycles. The van der Waals surface area contributed by atoms with E-state index in [1.165, 1.54) is 12.8 Å². The number of hydrogen-bond acceptors (Lipinski definition) is 3. The standard InChI is InChI=1S/C13H11ClIN3/c14-9-5-3-8(4-6-9)13-17-11(7-1-2-7)10(15)12(16)18-13/h3-7H,1-2H2,(H2,16,17,18). The average Bonchev–Trinajstić information content (AvgIpc) is 3.18. The first-order valence-electron chi connectivity index (χ1n) is 5.74. The van der Waals surface area contributed by atoms with Gasteiger partial charge in [-0.1, -0.05) is 11.6 Å². The molecule has 3 rings (SSSR count). The lowest BCUT2D eigenvalue weighted by molar-refractivity contribution is 0.983. The second kappa shape index (κ2) is 4.66. The predicted molar refractivity (Wildman–Crippen MR) is 81.6 cm³/mol. The van der Waals surface area contributed by atoms with Crippen molar-refractivity contribution >= 4 is 40.0 Å². The summed E-state index contributed by atoms with van der Waals surface area (Å²) < 4.78 is 0.993. The maximum absolute atomic E-state index is 5.97. The lowest BCUT2D eigenvalue weighted by Crippen LogP contribution is -2.04. The molecule has 2 N–H and O–H groups in total. The number of rotatable bonds is 2. The van der Waals surface area contributed by atoms with Gasteiger partial charge in [0.15, 0.2) is 5.82 Å². The van der Waals surface area contributed by atoms with Crippen LogP contribution in [0.15, 0.2) is 24.3 Å². The molecule has 18 heavy (non-hydrogen) atoms. The average molecular weight is 372 g/mol. The Balaban J connectivity index is 2.09. The maximum Gasteiger partial charge on any atom is 0.161 e. The zero-order valence-electron chi connectivity index (χ0n) is 9.53. The molecule has 1 aromatic heterocycles. The summed E-state index contributed by atoms with van der Waals surface area (Å²) in [5.74, 6) is 1.82. The zero-order valence-corrected chi connectivity index (χ0v) is 12.4. The molecule has 0 spiro atoms. The van der Waals surface area contributed by atoms with Crippen LogP contribution in [-0.4, -0.2) is 9.97 Å². The molecule has 5 heteroatoms. The summed E-state index contributed by atoms with van der Waals surface area (Å²) in [6, 6.07) is 7.51. The zero-order chi connectivity index (χ0) is 12.7. The molecule has 3 nitrogen and oxygen atoms in total. The van der Waals surface area contributed by atoms with Crippen molar-refractivity contribution in [2.24, 2.45) is 0 Å². The summed E-state index contributed by atoms with van der Waals surface area (Å²) in [5, 5.41) is 0.708. The van der Waals surface area contributed by atoms with E-state index in [9.17, 15) is 0 Å². The lowest BCUT2D eigenvalue weighted by atomic mass is 10.2. The summed E-state index contributed by atoms with van der Waals surface area (Å²) in [5.41, 5.74) is 8.01. The molecule has 92 valence electrons. The maximum atomic E-state index is 5.97. The predicted octanol–water partition coefficient (Wildman–Crippen LogP) is 3.86. The number of hydrogen-bond donors (Lipinski definition) is 1. The van der Waals surface area contributed by atoms with Gasteiger partial charge in [-0.05, 0) is 59.7 Å². The molecule has 1 fully saturated rings. The van der Waals surface area contributed by atoms with E-state index in [-0.39, 0.29) is 0 Å². The number of nitrogens with two attached hydrogens (primary N) is 1. The number of aromatic nitrogens is 2. The van der Waals surface area contributed by atoms with Crippen molar-refractivity contribution in [3.05, 3.63) is 38.6 Å². The van der Waals surface area contributed by atoms with Gasteiger partial charge in [-0.2, -0.15) is 0 Å². The molecule has 0 unspecified atom stereocenters. The Labute approximate surface area is 124 Å². The van der Waals surface area contributed by atoms with Gasteiger partial charge in [0.05, 0.1) is 9.26 Å². The summed E-state index contributed by atoms with van der Waals surface area (Å²) in [4.78, 5) is 9.01. The van der Waals surface area contributed by atoms with Gasteiger partial charge < -0.3 is 5.73 Å². The summed E-state index contributed by atoms with van der Waals surface area (Å²) >= 11 is 8.11. The van der Waals surface area contributed by atoms with Gasteiger partial charge >= 0.3 is 0 Å². The van der Waals surface area contributed by atoms with Crippen LogP contribution >= 0.6 is 34.2 Å². The second-order valence-electron chi connectivity index (χ2n) is 4.41. The van der Waals surface area contributed by atoms with Gasteiger partial charge in [0.2, 0.25) is 0 Å². The Morgan fingerprint density at radius 2 is 1.83 bits per heavy atom. The highest BCUT2D eigenvalue weighted by Crippen LogP contribution is 2.42. The molecule has 1 aliphatic carbocycles. The third kappa shape index (κ3) is 2.31. The third-order valence-corrected chi connectivity index (χ3v) is 4.33. The van der Waals surface area contributed by atoms with Gasteiger partial charge in [-0.25, -0.2) is 9.97 Å².